The first kappa shape index (κ1) is 9.97. The van der Waals surface area contributed by atoms with Crippen molar-refractivity contribution in [3.05, 3.63) is 0 Å². The van der Waals surface area contributed by atoms with Crippen LogP contribution in [0, 0.1) is 11.8 Å². The van der Waals surface area contributed by atoms with Gasteiger partial charge in [-0.1, -0.05) is 13.8 Å². The van der Waals surface area contributed by atoms with Crippen molar-refractivity contribution in [3.63, 3.8) is 0 Å². The van der Waals surface area contributed by atoms with Gasteiger partial charge in [-0.2, -0.15) is 0 Å². The summed E-state index contributed by atoms with van der Waals surface area (Å²) in [5.74, 6) is 0.819. The molecule has 2 fully saturated rings. The van der Waals surface area contributed by atoms with Crippen LogP contribution in [0.5, 0.6) is 0 Å². The maximum Gasteiger partial charge on any atom is 0.320 e. The van der Waals surface area contributed by atoms with Gasteiger partial charge in [0.25, 0.3) is 0 Å². The molecule has 1 aliphatic carbocycles. The van der Waals surface area contributed by atoms with Gasteiger partial charge in [0.15, 0.2) is 0 Å². The second-order valence-electron chi connectivity index (χ2n) is 4.87. The minimum atomic E-state index is -0.630. The van der Waals surface area contributed by atoms with Crippen LogP contribution >= 0.6 is 0 Å². The Morgan fingerprint density at radius 1 is 1.43 bits per heavy atom. The minimum absolute atomic E-state index is 0.199. The molecular formula is C11H19NO2. The summed E-state index contributed by atoms with van der Waals surface area (Å²) in [7, 11) is 0. The summed E-state index contributed by atoms with van der Waals surface area (Å²) in [4.78, 5) is 13.2. The van der Waals surface area contributed by atoms with Crippen LogP contribution in [0.4, 0.5) is 0 Å². The Kier molecular flexibility index (Phi) is 2.52. The van der Waals surface area contributed by atoms with Crippen LogP contribution in [0.3, 0.4) is 0 Å². The molecule has 1 heterocycles. The Balaban J connectivity index is 2.00. The first-order valence-electron chi connectivity index (χ1n) is 5.60. The standard InChI is InChI=1S/C11H19NO2/c1-7-6-10(8(7)2)12-5-3-4-9(12)11(13)14/h7-10H,3-6H2,1-2H3,(H,13,14). The first-order valence-corrected chi connectivity index (χ1v) is 5.60. The molecule has 2 aliphatic rings. The second kappa shape index (κ2) is 3.54. The lowest BCUT2D eigenvalue weighted by atomic mass is 9.70. The highest BCUT2D eigenvalue weighted by molar-refractivity contribution is 5.73. The summed E-state index contributed by atoms with van der Waals surface area (Å²) < 4.78 is 0. The van der Waals surface area contributed by atoms with E-state index in [2.05, 4.69) is 18.7 Å². The van der Waals surface area contributed by atoms with E-state index in [-0.39, 0.29) is 6.04 Å². The Morgan fingerprint density at radius 3 is 2.64 bits per heavy atom. The first-order chi connectivity index (χ1) is 6.61. The number of rotatable bonds is 2. The fourth-order valence-electron chi connectivity index (χ4n) is 2.88. The number of carboxylic acids is 1. The molecule has 0 bridgehead atoms. The molecule has 1 aliphatic heterocycles. The van der Waals surface area contributed by atoms with Crippen molar-refractivity contribution >= 4 is 5.97 Å². The van der Waals surface area contributed by atoms with E-state index in [1.807, 2.05) is 0 Å². The van der Waals surface area contributed by atoms with Gasteiger partial charge in [0.05, 0.1) is 0 Å². The van der Waals surface area contributed by atoms with Crippen LogP contribution in [0.1, 0.15) is 33.1 Å². The average molecular weight is 197 g/mol. The van der Waals surface area contributed by atoms with Crippen molar-refractivity contribution in [2.24, 2.45) is 11.8 Å². The Hall–Kier alpha value is -0.570. The lowest BCUT2D eigenvalue weighted by Crippen LogP contribution is -2.54. The van der Waals surface area contributed by atoms with Gasteiger partial charge in [-0.15, -0.1) is 0 Å². The van der Waals surface area contributed by atoms with E-state index < -0.39 is 5.97 Å². The monoisotopic (exact) mass is 197 g/mol. The van der Waals surface area contributed by atoms with Gasteiger partial charge >= 0.3 is 5.97 Å². The maximum atomic E-state index is 11.0. The molecule has 0 aromatic rings. The van der Waals surface area contributed by atoms with Gasteiger partial charge in [0.1, 0.15) is 6.04 Å². The van der Waals surface area contributed by atoms with Gasteiger partial charge < -0.3 is 5.11 Å². The highest BCUT2D eigenvalue weighted by Gasteiger charge is 2.44. The van der Waals surface area contributed by atoms with Crippen LogP contribution in [0.15, 0.2) is 0 Å². The van der Waals surface area contributed by atoms with Crippen LogP contribution in [0.2, 0.25) is 0 Å². The molecule has 4 atom stereocenters. The number of carbonyl (C=O) groups is 1. The normalized spacial score (nSPS) is 43.6. The van der Waals surface area contributed by atoms with E-state index in [0.29, 0.717) is 12.0 Å². The third kappa shape index (κ3) is 1.44. The quantitative estimate of drug-likeness (QED) is 0.730. The molecule has 3 nitrogen and oxygen atoms in total. The molecule has 3 heteroatoms. The van der Waals surface area contributed by atoms with Crippen LogP contribution < -0.4 is 0 Å². The van der Waals surface area contributed by atoms with Crippen molar-refractivity contribution in [2.45, 2.75) is 45.2 Å². The van der Waals surface area contributed by atoms with Crippen LogP contribution in [-0.4, -0.2) is 34.6 Å². The number of hydrogen-bond acceptors (Lipinski definition) is 2. The topological polar surface area (TPSA) is 40.5 Å². The molecule has 80 valence electrons. The summed E-state index contributed by atoms with van der Waals surface area (Å²) in [6.45, 7) is 5.49. The van der Waals surface area contributed by atoms with Gasteiger partial charge in [0, 0.05) is 6.04 Å². The maximum absolute atomic E-state index is 11.0. The van der Waals surface area contributed by atoms with E-state index in [0.717, 1.165) is 25.3 Å². The van der Waals surface area contributed by atoms with E-state index in [1.54, 1.807) is 0 Å². The molecule has 4 unspecified atom stereocenters. The van der Waals surface area contributed by atoms with Crippen molar-refractivity contribution < 1.29 is 9.90 Å². The fraction of sp³-hybridized carbons (Fsp3) is 0.909. The molecule has 1 saturated heterocycles. The predicted molar refractivity (Wildman–Crippen MR) is 54.1 cm³/mol. The lowest BCUT2D eigenvalue weighted by molar-refractivity contribution is -0.145. The second-order valence-corrected chi connectivity index (χ2v) is 4.87. The third-order valence-corrected chi connectivity index (χ3v) is 4.12. The Labute approximate surface area is 85.1 Å². The minimum Gasteiger partial charge on any atom is -0.480 e. The highest BCUT2D eigenvalue weighted by Crippen LogP contribution is 2.40. The van der Waals surface area contributed by atoms with E-state index in [9.17, 15) is 4.79 Å². The third-order valence-electron chi connectivity index (χ3n) is 4.12. The molecule has 14 heavy (non-hydrogen) atoms. The van der Waals surface area contributed by atoms with Crippen molar-refractivity contribution in [3.8, 4) is 0 Å². The van der Waals surface area contributed by atoms with Crippen molar-refractivity contribution in [1.29, 1.82) is 0 Å². The van der Waals surface area contributed by atoms with Gasteiger partial charge in [-0.3, -0.25) is 9.69 Å². The fourth-order valence-corrected chi connectivity index (χ4v) is 2.88. The zero-order chi connectivity index (χ0) is 10.3. The molecule has 2 rings (SSSR count). The number of likely N-dealkylation sites (tertiary alicyclic amines) is 1. The SMILES string of the molecule is CC1CC(N2CCCC2C(=O)O)C1C. The number of aliphatic carboxylic acids is 1. The van der Waals surface area contributed by atoms with E-state index in [1.165, 1.54) is 6.42 Å². The molecule has 1 N–H and O–H groups in total. The summed E-state index contributed by atoms with van der Waals surface area (Å²) in [5, 5.41) is 9.06. The summed E-state index contributed by atoms with van der Waals surface area (Å²) >= 11 is 0. The average Bonchev–Trinajstić information content (AvgIpc) is 2.61. The molecule has 0 spiro atoms. The largest absolute Gasteiger partial charge is 0.480 e. The zero-order valence-electron chi connectivity index (χ0n) is 8.94. The smallest absolute Gasteiger partial charge is 0.320 e. The van der Waals surface area contributed by atoms with Crippen molar-refractivity contribution in [2.75, 3.05) is 6.54 Å². The number of hydrogen-bond donors (Lipinski definition) is 1. The Morgan fingerprint density at radius 2 is 2.14 bits per heavy atom. The summed E-state index contributed by atoms with van der Waals surface area (Å²) in [6.07, 6.45) is 3.08. The molecular weight excluding hydrogens is 178 g/mol. The number of carboxylic acid groups (broad SMARTS) is 1. The van der Waals surface area contributed by atoms with Crippen molar-refractivity contribution in [1.82, 2.24) is 4.90 Å². The summed E-state index contributed by atoms with van der Waals surface area (Å²) in [5.41, 5.74) is 0. The molecule has 1 saturated carbocycles. The molecule has 0 amide bonds. The van der Waals surface area contributed by atoms with E-state index >= 15 is 0 Å². The lowest BCUT2D eigenvalue weighted by Gasteiger charge is -2.47. The van der Waals surface area contributed by atoms with Crippen LogP contribution in [-0.2, 0) is 4.79 Å². The molecule has 0 aromatic heterocycles. The van der Waals surface area contributed by atoms with Gasteiger partial charge in [0.2, 0.25) is 0 Å². The Bertz CT molecular complexity index is 241. The predicted octanol–water partition coefficient (Wildman–Crippen LogP) is 1.58. The highest BCUT2D eigenvalue weighted by atomic mass is 16.4. The van der Waals surface area contributed by atoms with Crippen LogP contribution in [0.25, 0.3) is 0 Å². The van der Waals surface area contributed by atoms with Gasteiger partial charge in [-0.05, 0) is 37.6 Å². The van der Waals surface area contributed by atoms with E-state index in [4.69, 9.17) is 5.11 Å². The van der Waals surface area contributed by atoms with Gasteiger partial charge in [-0.25, -0.2) is 0 Å². The summed E-state index contributed by atoms with van der Waals surface area (Å²) in [6, 6.07) is 0.337. The molecule has 0 aromatic carbocycles. The molecule has 0 radical (unpaired) electrons. The zero-order valence-corrected chi connectivity index (χ0v) is 8.94. The number of nitrogens with zero attached hydrogens (tertiary/aromatic N) is 1.